The highest BCUT2D eigenvalue weighted by atomic mass is 32.2. The second-order valence-corrected chi connectivity index (χ2v) is 9.74. The lowest BCUT2D eigenvalue weighted by molar-refractivity contribution is -0.113. The molecule has 1 aliphatic rings. The van der Waals surface area contributed by atoms with Crippen molar-refractivity contribution < 1.29 is 13.2 Å². The molecular formula is C17H23N5O3S. The lowest BCUT2D eigenvalue weighted by atomic mass is 9.87. The lowest BCUT2D eigenvalue weighted by Crippen LogP contribution is -2.25. The van der Waals surface area contributed by atoms with Gasteiger partial charge in [-0.25, -0.2) is 13.1 Å². The van der Waals surface area contributed by atoms with Crippen LogP contribution in [-0.2, 0) is 25.8 Å². The molecule has 2 aromatic rings. The molecule has 0 bridgehead atoms. The van der Waals surface area contributed by atoms with E-state index in [0.717, 1.165) is 18.4 Å². The minimum atomic E-state index is -3.66. The van der Waals surface area contributed by atoms with E-state index in [9.17, 15) is 13.2 Å². The van der Waals surface area contributed by atoms with Crippen LogP contribution < -0.4 is 5.32 Å². The molecule has 0 radical (unpaired) electrons. The second kappa shape index (κ2) is 6.79. The first-order valence-corrected chi connectivity index (χ1v) is 10.3. The Morgan fingerprint density at radius 2 is 1.88 bits per heavy atom. The maximum absolute atomic E-state index is 12.3. The van der Waals surface area contributed by atoms with Crippen molar-refractivity contribution in [2.24, 2.45) is 0 Å². The molecule has 9 heteroatoms. The Morgan fingerprint density at radius 3 is 2.46 bits per heavy atom. The minimum Gasteiger partial charge on any atom is -0.325 e. The molecule has 0 spiro atoms. The van der Waals surface area contributed by atoms with Gasteiger partial charge in [0.25, 0.3) is 0 Å². The van der Waals surface area contributed by atoms with Gasteiger partial charge in [0.2, 0.25) is 5.91 Å². The highest BCUT2D eigenvalue weighted by Gasteiger charge is 2.30. The molecule has 0 saturated heterocycles. The normalized spacial score (nSPS) is 15.0. The van der Waals surface area contributed by atoms with Gasteiger partial charge in [0.05, 0.1) is 6.04 Å². The van der Waals surface area contributed by atoms with Crippen LogP contribution in [0.5, 0.6) is 0 Å². The van der Waals surface area contributed by atoms with Crippen molar-refractivity contribution in [1.29, 1.82) is 0 Å². The monoisotopic (exact) mass is 377 g/mol. The topological polar surface area (TPSA) is 107 Å². The third-order valence-corrected chi connectivity index (χ3v) is 5.59. The molecule has 1 fully saturated rings. The number of benzene rings is 1. The SMILES string of the molecule is CC(C)(C)c1ccc(NC(=O)CS(=O)(=O)Cc2nnnn2C2CC2)cc1. The number of anilines is 1. The molecule has 0 unspecified atom stereocenters. The van der Waals surface area contributed by atoms with Gasteiger partial charge in [0.15, 0.2) is 15.7 Å². The highest BCUT2D eigenvalue weighted by molar-refractivity contribution is 7.91. The first kappa shape index (κ1) is 18.5. The lowest BCUT2D eigenvalue weighted by Gasteiger charge is -2.19. The number of aromatic nitrogens is 4. The van der Waals surface area contributed by atoms with Crippen molar-refractivity contribution >= 4 is 21.4 Å². The summed E-state index contributed by atoms with van der Waals surface area (Å²) < 4.78 is 26.2. The van der Waals surface area contributed by atoms with Crippen molar-refractivity contribution in [2.75, 3.05) is 11.1 Å². The Morgan fingerprint density at radius 1 is 1.23 bits per heavy atom. The number of carbonyl (C=O) groups excluding carboxylic acids is 1. The summed E-state index contributed by atoms with van der Waals surface area (Å²) in [6, 6.07) is 7.59. The second-order valence-electron chi connectivity index (χ2n) is 7.68. The molecule has 26 heavy (non-hydrogen) atoms. The smallest absolute Gasteiger partial charge is 0.239 e. The maximum Gasteiger partial charge on any atom is 0.239 e. The van der Waals surface area contributed by atoms with Gasteiger partial charge < -0.3 is 5.32 Å². The molecule has 0 aliphatic heterocycles. The molecule has 1 aromatic carbocycles. The predicted molar refractivity (Wildman–Crippen MR) is 97.4 cm³/mol. The molecule has 1 heterocycles. The summed E-state index contributed by atoms with van der Waals surface area (Å²) in [7, 11) is -3.66. The number of rotatable bonds is 6. The molecule has 140 valence electrons. The predicted octanol–water partition coefficient (Wildman–Crippen LogP) is 1.86. The number of hydrogen-bond acceptors (Lipinski definition) is 6. The fourth-order valence-electron chi connectivity index (χ4n) is 2.61. The molecule has 1 amide bonds. The third-order valence-electron chi connectivity index (χ3n) is 4.19. The molecule has 8 nitrogen and oxygen atoms in total. The van der Waals surface area contributed by atoms with E-state index < -0.39 is 21.5 Å². The van der Waals surface area contributed by atoms with Gasteiger partial charge in [0.1, 0.15) is 11.5 Å². The minimum absolute atomic E-state index is 0.0113. The van der Waals surface area contributed by atoms with E-state index in [0.29, 0.717) is 5.69 Å². The van der Waals surface area contributed by atoms with Gasteiger partial charge in [0, 0.05) is 5.69 Å². The molecular weight excluding hydrogens is 354 g/mol. The van der Waals surface area contributed by atoms with Crippen molar-refractivity contribution in [3.8, 4) is 0 Å². The summed E-state index contributed by atoms with van der Waals surface area (Å²) in [6.07, 6.45) is 1.90. The number of sulfone groups is 1. The van der Waals surface area contributed by atoms with Crippen molar-refractivity contribution in [3.05, 3.63) is 35.7 Å². The Hall–Kier alpha value is -2.29. The first-order chi connectivity index (χ1) is 12.1. The fraction of sp³-hybridized carbons (Fsp3) is 0.529. The van der Waals surface area contributed by atoms with E-state index in [-0.39, 0.29) is 23.0 Å². The van der Waals surface area contributed by atoms with Crippen LogP contribution in [0.4, 0.5) is 5.69 Å². The van der Waals surface area contributed by atoms with E-state index in [1.54, 1.807) is 16.8 Å². The number of hydrogen-bond donors (Lipinski definition) is 1. The molecule has 1 aliphatic carbocycles. The van der Waals surface area contributed by atoms with Crippen molar-refractivity contribution in [3.63, 3.8) is 0 Å². The summed E-state index contributed by atoms with van der Waals surface area (Å²) in [5.74, 6) is -1.23. The van der Waals surface area contributed by atoms with Gasteiger partial charge >= 0.3 is 0 Å². The van der Waals surface area contributed by atoms with Gasteiger partial charge in [-0.15, -0.1) is 5.10 Å². The summed E-state index contributed by atoms with van der Waals surface area (Å²) in [5, 5.41) is 13.8. The van der Waals surface area contributed by atoms with Crippen LogP contribution in [0.3, 0.4) is 0 Å². The number of carbonyl (C=O) groups is 1. The average Bonchev–Trinajstić information content (AvgIpc) is 3.26. The number of amides is 1. The van der Waals surface area contributed by atoms with Gasteiger partial charge in [-0.3, -0.25) is 4.79 Å². The van der Waals surface area contributed by atoms with Crippen molar-refractivity contribution in [2.45, 2.75) is 50.8 Å². The highest BCUT2D eigenvalue weighted by Crippen LogP contribution is 2.34. The largest absolute Gasteiger partial charge is 0.325 e. The number of nitrogens with one attached hydrogen (secondary N) is 1. The zero-order chi connectivity index (χ0) is 18.9. The van der Waals surface area contributed by atoms with E-state index in [1.807, 2.05) is 12.1 Å². The third kappa shape index (κ3) is 4.66. The molecule has 1 saturated carbocycles. The van der Waals surface area contributed by atoms with Crippen LogP contribution in [0.1, 0.15) is 51.0 Å². The first-order valence-electron chi connectivity index (χ1n) is 8.52. The van der Waals surface area contributed by atoms with Gasteiger partial charge in [-0.05, 0) is 46.4 Å². The van der Waals surface area contributed by atoms with E-state index in [1.165, 1.54) is 0 Å². The van der Waals surface area contributed by atoms with Gasteiger partial charge in [-0.1, -0.05) is 32.9 Å². The number of tetrazole rings is 1. The summed E-state index contributed by atoms with van der Waals surface area (Å²) in [6.45, 7) is 6.30. The molecule has 0 atom stereocenters. The van der Waals surface area contributed by atoms with Crippen molar-refractivity contribution in [1.82, 2.24) is 20.2 Å². The van der Waals surface area contributed by atoms with Crippen LogP contribution in [0, 0.1) is 0 Å². The van der Waals surface area contributed by atoms with Crippen LogP contribution in [0.15, 0.2) is 24.3 Å². The molecule has 3 rings (SSSR count). The van der Waals surface area contributed by atoms with Crippen LogP contribution >= 0.6 is 0 Å². The zero-order valence-corrected chi connectivity index (χ0v) is 16.0. The average molecular weight is 377 g/mol. The summed E-state index contributed by atoms with van der Waals surface area (Å²) in [5.41, 5.74) is 1.72. The fourth-order valence-corrected chi connectivity index (χ4v) is 3.77. The summed E-state index contributed by atoms with van der Waals surface area (Å²) in [4.78, 5) is 12.1. The molecule has 1 N–H and O–H groups in total. The molecule has 1 aromatic heterocycles. The Bertz CT molecular complexity index is 893. The van der Waals surface area contributed by atoms with Crippen LogP contribution in [-0.4, -0.2) is 40.3 Å². The Labute approximate surface area is 152 Å². The zero-order valence-electron chi connectivity index (χ0n) is 15.1. The van der Waals surface area contributed by atoms with E-state index >= 15 is 0 Å². The Balaban J connectivity index is 1.60. The Kier molecular flexibility index (Phi) is 4.83. The van der Waals surface area contributed by atoms with E-state index in [2.05, 4.69) is 41.6 Å². The van der Waals surface area contributed by atoms with Crippen LogP contribution in [0.2, 0.25) is 0 Å². The number of nitrogens with zero attached hydrogens (tertiary/aromatic N) is 4. The van der Waals surface area contributed by atoms with Crippen LogP contribution in [0.25, 0.3) is 0 Å². The summed E-state index contributed by atoms with van der Waals surface area (Å²) >= 11 is 0. The van der Waals surface area contributed by atoms with Gasteiger partial charge in [-0.2, -0.15) is 0 Å². The maximum atomic E-state index is 12.3. The van der Waals surface area contributed by atoms with E-state index in [4.69, 9.17) is 0 Å². The quantitative estimate of drug-likeness (QED) is 0.823. The standard InChI is InChI=1S/C17H23N5O3S/c1-17(2,3)12-4-6-13(7-5-12)18-16(23)11-26(24,25)10-15-19-20-21-22(15)14-8-9-14/h4-7,14H,8-11H2,1-3H3,(H,18,23).